The average molecular weight is 341 g/mol. The molecule has 0 radical (unpaired) electrons. The van der Waals surface area contributed by atoms with E-state index in [0.29, 0.717) is 5.75 Å². The van der Waals surface area contributed by atoms with E-state index in [-0.39, 0.29) is 28.0 Å². The first-order chi connectivity index (χ1) is 12.0. The fourth-order valence-electron chi connectivity index (χ4n) is 2.19. The quantitative estimate of drug-likeness (QED) is 0.236. The summed E-state index contributed by atoms with van der Waals surface area (Å²) < 4.78 is 15.2. The van der Waals surface area contributed by atoms with Crippen LogP contribution in [0.1, 0.15) is 10.4 Å². The van der Waals surface area contributed by atoms with Crippen LogP contribution in [0.4, 0.5) is 5.69 Å². The third-order valence-electron chi connectivity index (χ3n) is 3.40. The van der Waals surface area contributed by atoms with Gasteiger partial charge < -0.3 is 13.9 Å². The summed E-state index contributed by atoms with van der Waals surface area (Å²) in [5, 5.41) is 11.1. The third kappa shape index (κ3) is 3.32. The molecule has 0 saturated carbocycles. The molecule has 0 bridgehead atoms. The lowest BCUT2D eigenvalue weighted by molar-refractivity contribution is -0.384. The zero-order valence-electron chi connectivity index (χ0n) is 12.9. The predicted molar refractivity (Wildman–Crippen MR) is 87.1 cm³/mol. The van der Waals surface area contributed by atoms with Gasteiger partial charge in [-0.1, -0.05) is 6.07 Å². The minimum Gasteiger partial charge on any atom is -0.497 e. The van der Waals surface area contributed by atoms with Gasteiger partial charge in [0, 0.05) is 23.6 Å². The number of non-ortho nitro benzene ring substituents is 1. The Kier molecular flexibility index (Phi) is 4.17. The Balaban J connectivity index is 1.98. The van der Waals surface area contributed by atoms with Crippen molar-refractivity contribution in [3.63, 3.8) is 0 Å². The number of fused-ring (bicyclic) bond motifs is 1. The van der Waals surface area contributed by atoms with E-state index in [4.69, 9.17) is 13.9 Å². The molecule has 0 aliphatic carbocycles. The Bertz CT molecular complexity index is 1040. The molecule has 3 aromatic rings. The van der Waals surface area contributed by atoms with Crippen molar-refractivity contribution in [2.45, 2.75) is 0 Å². The van der Waals surface area contributed by atoms with Crippen LogP contribution in [-0.4, -0.2) is 18.0 Å². The van der Waals surface area contributed by atoms with Crippen LogP contribution in [0, 0.1) is 10.1 Å². The van der Waals surface area contributed by atoms with Gasteiger partial charge in [-0.05, 0) is 24.3 Å². The number of ether oxygens (including phenoxy) is 2. The molecule has 0 spiro atoms. The van der Waals surface area contributed by atoms with Crippen LogP contribution in [0.2, 0.25) is 0 Å². The molecule has 0 aliphatic rings. The topological polar surface area (TPSA) is 109 Å². The summed E-state index contributed by atoms with van der Waals surface area (Å²) in [5.74, 6) is -0.273. The fourth-order valence-corrected chi connectivity index (χ4v) is 2.19. The van der Waals surface area contributed by atoms with Crippen molar-refractivity contribution < 1.29 is 23.6 Å². The Labute approximate surface area is 140 Å². The first-order valence-electron chi connectivity index (χ1n) is 7.06. The summed E-state index contributed by atoms with van der Waals surface area (Å²) >= 11 is 0. The highest BCUT2D eigenvalue weighted by atomic mass is 16.6. The van der Waals surface area contributed by atoms with E-state index in [9.17, 15) is 19.7 Å². The Morgan fingerprint density at radius 3 is 2.60 bits per heavy atom. The van der Waals surface area contributed by atoms with Crippen molar-refractivity contribution in [3.05, 3.63) is 74.6 Å². The molecule has 0 fully saturated rings. The first kappa shape index (κ1) is 16.2. The second-order valence-electron chi connectivity index (χ2n) is 5.00. The van der Waals surface area contributed by atoms with Crippen molar-refractivity contribution in [2.75, 3.05) is 7.11 Å². The molecule has 8 nitrogen and oxygen atoms in total. The molecule has 8 heteroatoms. The zero-order valence-corrected chi connectivity index (χ0v) is 12.9. The van der Waals surface area contributed by atoms with Crippen molar-refractivity contribution in [3.8, 4) is 11.5 Å². The van der Waals surface area contributed by atoms with Crippen molar-refractivity contribution in [2.24, 2.45) is 0 Å². The zero-order chi connectivity index (χ0) is 18.0. The standard InChI is InChI=1S/C17H11NO7/c1-23-12-3-2-4-13(9-12)24-16(19)14-8-10-7-11(18(21)22)5-6-15(10)25-17(14)20/h2-9H,1H3. The van der Waals surface area contributed by atoms with E-state index in [2.05, 4.69) is 0 Å². The van der Waals surface area contributed by atoms with Gasteiger partial charge in [-0.15, -0.1) is 0 Å². The molecule has 0 unspecified atom stereocenters. The number of hydrogen-bond acceptors (Lipinski definition) is 7. The number of rotatable bonds is 4. The number of esters is 1. The van der Waals surface area contributed by atoms with Crippen LogP contribution in [-0.2, 0) is 0 Å². The molecule has 1 heterocycles. The minimum atomic E-state index is -0.935. The number of benzene rings is 2. The molecular formula is C17H11NO7. The van der Waals surface area contributed by atoms with E-state index in [1.165, 1.54) is 43.5 Å². The SMILES string of the molecule is COc1cccc(OC(=O)c2cc3cc([N+](=O)[O-])ccc3oc2=O)c1. The van der Waals surface area contributed by atoms with Crippen LogP contribution < -0.4 is 15.1 Å². The van der Waals surface area contributed by atoms with Gasteiger partial charge in [-0.25, -0.2) is 9.59 Å². The number of methoxy groups -OCH3 is 1. The van der Waals surface area contributed by atoms with Gasteiger partial charge in [0.2, 0.25) is 0 Å². The maximum atomic E-state index is 12.2. The maximum Gasteiger partial charge on any atom is 0.351 e. The van der Waals surface area contributed by atoms with Crippen LogP contribution >= 0.6 is 0 Å². The number of nitro benzene ring substituents is 1. The third-order valence-corrected chi connectivity index (χ3v) is 3.40. The number of nitrogens with zero attached hydrogens (tertiary/aromatic N) is 1. The molecular weight excluding hydrogens is 330 g/mol. The lowest BCUT2D eigenvalue weighted by Gasteiger charge is -2.06. The molecule has 0 aliphatic heterocycles. The van der Waals surface area contributed by atoms with Gasteiger partial charge in [0.05, 0.1) is 12.0 Å². The summed E-state index contributed by atoms with van der Waals surface area (Å²) in [6.07, 6.45) is 0. The summed E-state index contributed by atoms with van der Waals surface area (Å²) in [6, 6.07) is 11.2. The van der Waals surface area contributed by atoms with Crippen molar-refractivity contribution in [1.29, 1.82) is 0 Å². The number of nitro groups is 1. The summed E-state index contributed by atoms with van der Waals surface area (Å²) in [6.45, 7) is 0. The monoisotopic (exact) mass is 341 g/mol. The van der Waals surface area contributed by atoms with Crippen LogP contribution in [0.5, 0.6) is 11.5 Å². The Hall–Kier alpha value is -3.68. The van der Waals surface area contributed by atoms with Gasteiger partial charge in [0.1, 0.15) is 22.6 Å². The number of carbonyl (C=O) groups is 1. The Morgan fingerprint density at radius 1 is 1.12 bits per heavy atom. The normalized spacial score (nSPS) is 10.4. The van der Waals surface area contributed by atoms with Crippen molar-refractivity contribution >= 4 is 22.6 Å². The summed E-state index contributed by atoms with van der Waals surface area (Å²) in [7, 11) is 1.46. The molecule has 0 atom stereocenters. The van der Waals surface area contributed by atoms with E-state index in [1.807, 2.05) is 0 Å². The van der Waals surface area contributed by atoms with Gasteiger partial charge in [0.25, 0.3) is 5.69 Å². The van der Waals surface area contributed by atoms with E-state index < -0.39 is 16.5 Å². The fraction of sp³-hybridized carbons (Fsp3) is 0.0588. The highest BCUT2D eigenvalue weighted by Gasteiger charge is 2.18. The average Bonchev–Trinajstić information content (AvgIpc) is 2.60. The summed E-state index contributed by atoms with van der Waals surface area (Å²) in [4.78, 5) is 34.5. The molecule has 0 N–H and O–H groups in total. The molecule has 1 aromatic heterocycles. The Morgan fingerprint density at radius 2 is 1.88 bits per heavy atom. The predicted octanol–water partition coefficient (Wildman–Crippen LogP) is 2.93. The lowest BCUT2D eigenvalue weighted by atomic mass is 10.1. The van der Waals surface area contributed by atoms with Gasteiger partial charge in [0.15, 0.2) is 0 Å². The molecule has 0 amide bonds. The second kappa shape index (κ2) is 6.44. The number of hydrogen-bond donors (Lipinski definition) is 0. The van der Waals surface area contributed by atoms with Gasteiger partial charge in [-0.3, -0.25) is 10.1 Å². The second-order valence-corrected chi connectivity index (χ2v) is 5.00. The first-order valence-corrected chi connectivity index (χ1v) is 7.06. The maximum absolute atomic E-state index is 12.2. The van der Waals surface area contributed by atoms with Crippen LogP contribution in [0.15, 0.2) is 57.7 Å². The van der Waals surface area contributed by atoms with Gasteiger partial charge in [-0.2, -0.15) is 0 Å². The molecule has 3 rings (SSSR count). The highest BCUT2D eigenvalue weighted by Crippen LogP contribution is 2.22. The molecule has 25 heavy (non-hydrogen) atoms. The van der Waals surface area contributed by atoms with Crippen molar-refractivity contribution in [1.82, 2.24) is 0 Å². The van der Waals surface area contributed by atoms with E-state index >= 15 is 0 Å². The van der Waals surface area contributed by atoms with Crippen LogP contribution in [0.25, 0.3) is 11.0 Å². The smallest absolute Gasteiger partial charge is 0.351 e. The molecule has 2 aromatic carbocycles. The van der Waals surface area contributed by atoms with E-state index in [1.54, 1.807) is 12.1 Å². The van der Waals surface area contributed by atoms with E-state index in [0.717, 1.165) is 0 Å². The molecule has 0 saturated heterocycles. The molecule has 126 valence electrons. The largest absolute Gasteiger partial charge is 0.497 e. The van der Waals surface area contributed by atoms with Crippen LogP contribution in [0.3, 0.4) is 0 Å². The summed E-state index contributed by atoms with van der Waals surface area (Å²) in [5.41, 5.74) is -1.31. The highest BCUT2D eigenvalue weighted by molar-refractivity contribution is 5.94. The minimum absolute atomic E-state index is 0.133. The number of carbonyl (C=O) groups excluding carboxylic acids is 1. The van der Waals surface area contributed by atoms with Gasteiger partial charge >= 0.3 is 11.6 Å². The lowest BCUT2D eigenvalue weighted by Crippen LogP contribution is -2.18.